The highest BCUT2D eigenvalue weighted by Crippen LogP contribution is 2.49. The first kappa shape index (κ1) is 12.7. The number of carbonyl (C=O) groups excluding carboxylic acids is 1. The van der Waals surface area contributed by atoms with Crippen LogP contribution in [0, 0.1) is 0 Å². The van der Waals surface area contributed by atoms with Crippen LogP contribution in [-0.2, 0) is 23.1 Å². The van der Waals surface area contributed by atoms with Gasteiger partial charge in [-0.1, -0.05) is 18.2 Å². The minimum atomic E-state index is -0.253. The standard InChI is InChI=1S/C16H22N2O/c1-18(2)17-15(19)16(9-10-16)14-8-7-12-5-3-4-6-13(12)11-14/h7-8,11H,3-6,9-10H2,1-2H3,(H,17,19). The fourth-order valence-corrected chi connectivity index (χ4v) is 3.11. The Morgan fingerprint density at radius 2 is 1.84 bits per heavy atom. The van der Waals surface area contributed by atoms with Gasteiger partial charge in [-0.15, -0.1) is 0 Å². The fraction of sp³-hybridized carbons (Fsp3) is 0.562. The highest BCUT2D eigenvalue weighted by molar-refractivity contribution is 5.91. The quantitative estimate of drug-likeness (QED) is 0.843. The number of fused-ring (bicyclic) bond motifs is 1. The van der Waals surface area contributed by atoms with Gasteiger partial charge in [0, 0.05) is 14.1 Å². The number of carbonyl (C=O) groups is 1. The number of rotatable bonds is 3. The molecule has 0 saturated heterocycles. The maximum Gasteiger partial charge on any atom is 0.244 e. The van der Waals surface area contributed by atoms with Gasteiger partial charge in [-0.05, 0) is 55.2 Å². The SMILES string of the molecule is CN(C)NC(=O)C1(c2ccc3c(c2)CCCC3)CC1. The van der Waals surface area contributed by atoms with Crippen LogP contribution < -0.4 is 5.43 Å². The third-order valence-electron chi connectivity index (χ3n) is 4.41. The van der Waals surface area contributed by atoms with Crippen LogP contribution >= 0.6 is 0 Å². The number of amides is 1. The van der Waals surface area contributed by atoms with E-state index >= 15 is 0 Å². The van der Waals surface area contributed by atoms with Gasteiger partial charge in [-0.3, -0.25) is 10.2 Å². The number of nitrogens with one attached hydrogen (secondary N) is 1. The van der Waals surface area contributed by atoms with Gasteiger partial charge < -0.3 is 0 Å². The minimum Gasteiger partial charge on any atom is -0.289 e. The lowest BCUT2D eigenvalue weighted by Gasteiger charge is -2.22. The third-order valence-corrected chi connectivity index (χ3v) is 4.41. The summed E-state index contributed by atoms with van der Waals surface area (Å²) in [6.07, 6.45) is 6.92. The highest BCUT2D eigenvalue weighted by Gasteiger charge is 2.51. The number of benzene rings is 1. The number of aryl methyl sites for hydroxylation is 2. The molecule has 0 unspecified atom stereocenters. The molecule has 2 aliphatic rings. The Labute approximate surface area is 115 Å². The average Bonchev–Trinajstić information content (AvgIpc) is 3.19. The van der Waals surface area contributed by atoms with Crippen LogP contribution in [0.15, 0.2) is 18.2 Å². The molecule has 2 aliphatic carbocycles. The number of hydrogen-bond acceptors (Lipinski definition) is 2. The van der Waals surface area contributed by atoms with E-state index in [-0.39, 0.29) is 11.3 Å². The third kappa shape index (κ3) is 2.27. The zero-order chi connectivity index (χ0) is 13.5. The molecule has 1 N–H and O–H groups in total. The molecular weight excluding hydrogens is 236 g/mol. The summed E-state index contributed by atoms with van der Waals surface area (Å²) >= 11 is 0. The van der Waals surface area contributed by atoms with Gasteiger partial charge >= 0.3 is 0 Å². The van der Waals surface area contributed by atoms with E-state index in [1.165, 1.54) is 42.4 Å². The van der Waals surface area contributed by atoms with Gasteiger partial charge in [-0.2, -0.15) is 0 Å². The molecule has 1 fully saturated rings. The summed E-state index contributed by atoms with van der Waals surface area (Å²) in [7, 11) is 3.72. The zero-order valence-electron chi connectivity index (χ0n) is 11.8. The molecule has 1 amide bonds. The van der Waals surface area contributed by atoms with Crippen molar-refractivity contribution in [2.75, 3.05) is 14.1 Å². The Kier molecular flexibility index (Phi) is 3.09. The Morgan fingerprint density at radius 1 is 1.16 bits per heavy atom. The highest BCUT2D eigenvalue weighted by atomic mass is 16.2. The Morgan fingerprint density at radius 3 is 2.47 bits per heavy atom. The zero-order valence-corrected chi connectivity index (χ0v) is 11.8. The summed E-state index contributed by atoms with van der Waals surface area (Å²) in [6.45, 7) is 0. The van der Waals surface area contributed by atoms with Crippen LogP contribution in [0.3, 0.4) is 0 Å². The van der Waals surface area contributed by atoms with Gasteiger partial charge in [0.05, 0.1) is 5.41 Å². The van der Waals surface area contributed by atoms with E-state index < -0.39 is 0 Å². The van der Waals surface area contributed by atoms with Gasteiger partial charge in [0.25, 0.3) is 0 Å². The van der Waals surface area contributed by atoms with Crippen LogP contribution in [0.25, 0.3) is 0 Å². The van der Waals surface area contributed by atoms with Gasteiger partial charge in [0.2, 0.25) is 5.91 Å². The molecule has 0 heterocycles. The molecule has 0 spiro atoms. The largest absolute Gasteiger partial charge is 0.289 e. The van der Waals surface area contributed by atoms with Crippen molar-refractivity contribution in [3.8, 4) is 0 Å². The molecule has 1 aromatic rings. The molecule has 0 atom stereocenters. The van der Waals surface area contributed by atoms with E-state index in [0.717, 1.165) is 12.8 Å². The second-order valence-electron chi connectivity index (χ2n) is 6.11. The van der Waals surface area contributed by atoms with Crippen LogP contribution in [-0.4, -0.2) is 25.0 Å². The van der Waals surface area contributed by atoms with E-state index in [9.17, 15) is 4.79 Å². The van der Waals surface area contributed by atoms with Crippen molar-refractivity contribution in [3.63, 3.8) is 0 Å². The lowest BCUT2D eigenvalue weighted by molar-refractivity contribution is -0.127. The molecule has 0 aromatic heterocycles. The van der Waals surface area contributed by atoms with E-state index in [2.05, 4.69) is 23.6 Å². The van der Waals surface area contributed by atoms with Gasteiger partial charge in [0.1, 0.15) is 0 Å². The van der Waals surface area contributed by atoms with Crippen molar-refractivity contribution in [3.05, 3.63) is 34.9 Å². The van der Waals surface area contributed by atoms with E-state index in [1.54, 1.807) is 5.01 Å². The fourth-order valence-electron chi connectivity index (χ4n) is 3.11. The normalized spacial score (nSPS) is 19.9. The first-order valence-corrected chi connectivity index (χ1v) is 7.22. The van der Waals surface area contributed by atoms with Crippen LogP contribution in [0.4, 0.5) is 0 Å². The average molecular weight is 258 g/mol. The topological polar surface area (TPSA) is 32.3 Å². The van der Waals surface area contributed by atoms with E-state index in [4.69, 9.17) is 0 Å². The molecule has 19 heavy (non-hydrogen) atoms. The molecule has 1 saturated carbocycles. The van der Waals surface area contributed by atoms with Crippen LogP contribution in [0.2, 0.25) is 0 Å². The summed E-state index contributed by atoms with van der Waals surface area (Å²) in [5.41, 5.74) is 6.83. The molecule has 0 radical (unpaired) electrons. The first-order valence-electron chi connectivity index (χ1n) is 7.22. The lowest BCUT2D eigenvalue weighted by atomic mass is 9.86. The smallest absolute Gasteiger partial charge is 0.244 e. The molecule has 0 bridgehead atoms. The van der Waals surface area contributed by atoms with Crippen LogP contribution in [0.1, 0.15) is 42.4 Å². The van der Waals surface area contributed by atoms with Crippen molar-refractivity contribution in [2.24, 2.45) is 0 Å². The summed E-state index contributed by atoms with van der Waals surface area (Å²) < 4.78 is 0. The Hall–Kier alpha value is -1.35. The maximum atomic E-state index is 12.4. The summed E-state index contributed by atoms with van der Waals surface area (Å²) in [6, 6.07) is 6.70. The molecule has 0 aliphatic heterocycles. The molecular formula is C16H22N2O. The number of nitrogens with zero attached hydrogens (tertiary/aromatic N) is 1. The maximum absolute atomic E-state index is 12.4. The van der Waals surface area contributed by atoms with Crippen LogP contribution in [0.5, 0.6) is 0 Å². The summed E-state index contributed by atoms with van der Waals surface area (Å²) in [5.74, 6) is 0.147. The van der Waals surface area contributed by atoms with Crippen molar-refractivity contribution in [1.29, 1.82) is 0 Å². The summed E-state index contributed by atoms with van der Waals surface area (Å²) in [4.78, 5) is 12.4. The van der Waals surface area contributed by atoms with Gasteiger partial charge in [0.15, 0.2) is 0 Å². The number of hydrazine groups is 1. The number of hydrogen-bond donors (Lipinski definition) is 1. The monoisotopic (exact) mass is 258 g/mol. The molecule has 3 rings (SSSR count). The second kappa shape index (κ2) is 4.64. The Balaban J connectivity index is 1.87. The first-order chi connectivity index (χ1) is 9.12. The second-order valence-corrected chi connectivity index (χ2v) is 6.11. The predicted molar refractivity (Wildman–Crippen MR) is 75.8 cm³/mol. The van der Waals surface area contributed by atoms with Crippen molar-refractivity contribution < 1.29 is 4.79 Å². The predicted octanol–water partition coefficient (Wildman–Crippen LogP) is 2.19. The summed E-state index contributed by atoms with van der Waals surface area (Å²) in [5, 5.41) is 1.74. The van der Waals surface area contributed by atoms with Gasteiger partial charge in [-0.25, -0.2) is 5.01 Å². The van der Waals surface area contributed by atoms with Crippen molar-refractivity contribution in [1.82, 2.24) is 10.4 Å². The lowest BCUT2D eigenvalue weighted by Crippen LogP contribution is -2.42. The Bertz CT molecular complexity index is 503. The minimum absolute atomic E-state index is 0.147. The molecule has 1 aromatic carbocycles. The van der Waals surface area contributed by atoms with Crippen molar-refractivity contribution in [2.45, 2.75) is 43.9 Å². The van der Waals surface area contributed by atoms with Crippen molar-refractivity contribution >= 4 is 5.91 Å². The van der Waals surface area contributed by atoms with E-state index in [1.807, 2.05) is 14.1 Å². The molecule has 3 heteroatoms. The van der Waals surface area contributed by atoms with E-state index in [0.29, 0.717) is 0 Å². The molecule has 3 nitrogen and oxygen atoms in total. The molecule has 102 valence electrons.